The minimum absolute atomic E-state index is 0.106. The molecule has 1 N–H and O–H groups in total. The Bertz CT molecular complexity index is 771. The second kappa shape index (κ2) is 5.35. The molecule has 7 heteroatoms. The normalized spacial score (nSPS) is 11.0. The molecule has 0 radical (unpaired) electrons. The zero-order valence-electron chi connectivity index (χ0n) is 11.7. The van der Waals surface area contributed by atoms with Crippen molar-refractivity contribution in [2.75, 3.05) is 5.32 Å². The van der Waals surface area contributed by atoms with Crippen LogP contribution in [0.4, 0.5) is 5.69 Å². The summed E-state index contributed by atoms with van der Waals surface area (Å²) in [6.45, 7) is 3.71. The van der Waals surface area contributed by atoms with Gasteiger partial charge in [-0.3, -0.25) is 4.79 Å². The number of carbonyl (C=O) groups excluding carboxylic acids is 1. The Labute approximate surface area is 120 Å². The van der Waals surface area contributed by atoms with Gasteiger partial charge in [-0.2, -0.15) is 0 Å². The van der Waals surface area contributed by atoms with Crippen molar-refractivity contribution >= 4 is 22.6 Å². The second-order valence-corrected chi connectivity index (χ2v) is 4.79. The lowest BCUT2D eigenvalue weighted by molar-refractivity contribution is -0.116. The number of nitrogens with zero attached hydrogens (tertiary/aromatic N) is 3. The molecule has 7 nitrogen and oxygen atoms in total. The molecule has 2 aromatic heterocycles. The Morgan fingerprint density at radius 2 is 2.10 bits per heavy atom. The van der Waals surface area contributed by atoms with E-state index in [4.69, 9.17) is 4.52 Å². The van der Waals surface area contributed by atoms with E-state index in [9.17, 15) is 4.79 Å². The topological polar surface area (TPSA) is 94.1 Å². The molecule has 0 unspecified atom stereocenters. The van der Waals surface area contributed by atoms with Gasteiger partial charge in [-0.25, -0.2) is 4.63 Å². The third-order valence-electron chi connectivity index (χ3n) is 3.34. The zero-order chi connectivity index (χ0) is 14.8. The van der Waals surface area contributed by atoms with Gasteiger partial charge in [-0.1, -0.05) is 11.2 Å². The first-order valence-corrected chi connectivity index (χ1v) is 6.58. The quantitative estimate of drug-likeness (QED) is 0.791. The molecule has 21 heavy (non-hydrogen) atoms. The van der Waals surface area contributed by atoms with Crippen LogP contribution in [0.15, 0.2) is 27.4 Å². The van der Waals surface area contributed by atoms with E-state index in [1.807, 2.05) is 13.8 Å². The third-order valence-corrected chi connectivity index (χ3v) is 3.34. The van der Waals surface area contributed by atoms with Crippen LogP contribution in [0.3, 0.4) is 0 Å². The second-order valence-electron chi connectivity index (χ2n) is 4.79. The number of rotatable bonds is 4. The van der Waals surface area contributed by atoms with Gasteiger partial charge in [0.15, 0.2) is 5.52 Å². The van der Waals surface area contributed by atoms with E-state index in [2.05, 4.69) is 25.4 Å². The van der Waals surface area contributed by atoms with Crippen LogP contribution in [0.25, 0.3) is 11.0 Å². The molecule has 2 heterocycles. The van der Waals surface area contributed by atoms with E-state index in [1.165, 1.54) is 0 Å². The highest BCUT2D eigenvalue weighted by atomic mass is 16.6. The lowest BCUT2D eigenvalue weighted by atomic mass is 10.1. The molecule has 0 fully saturated rings. The number of hydrogen-bond acceptors (Lipinski definition) is 6. The summed E-state index contributed by atoms with van der Waals surface area (Å²) in [5.41, 5.74) is 3.55. The Kier molecular flexibility index (Phi) is 3.39. The Morgan fingerprint density at radius 3 is 2.86 bits per heavy atom. The summed E-state index contributed by atoms with van der Waals surface area (Å²) >= 11 is 0. The fourth-order valence-corrected chi connectivity index (χ4v) is 2.22. The molecular formula is C14H14N4O3. The number of aryl methyl sites for hydroxylation is 2. The summed E-state index contributed by atoms with van der Waals surface area (Å²) in [5.74, 6) is 0.647. The van der Waals surface area contributed by atoms with Crippen LogP contribution in [0.5, 0.6) is 0 Å². The van der Waals surface area contributed by atoms with Gasteiger partial charge >= 0.3 is 0 Å². The van der Waals surface area contributed by atoms with E-state index in [-0.39, 0.29) is 5.91 Å². The number of anilines is 1. The molecule has 3 aromatic rings. The molecule has 0 spiro atoms. The van der Waals surface area contributed by atoms with Crippen molar-refractivity contribution in [2.24, 2.45) is 0 Å². The van der Waals surface area contributed by atoms with Crippen LogP contribution in [0.2, 0.25) is 0 Å². The Balaban J connectivity index is 1.68. The molecule has 0 bridgehead atoms. The predicted molar refractivity (Wildman–Crippen MR) is 74.7 cm³/mol. The lowest BCUT2D eigenvalue weighted by Crippen LogP contribution is -2.13. The van der Waals surface area contributed by atoms with Crippen molar-refractivity contribution in [1.29, 1.82) is 0 Å². The average molecular weight is 286 g/mol. The van der Waals surface area contributed by atoms with Gasteiger partial charge < -0.3 is 9.84 Å². The number of hydrogen-bond donors (Lipinski definition) is 1. The number of aromatic nitrogens is 3. The monoisotopic (exact) mass is 286 g/mol. The van der Waals surface area contributed by atoms with E-state index >= 15 is 0 Å². The minimum Gasteiger partial charge on any atom is -0.361 e. The number of benzene rings is 1. The van der Waals surface area contributed by atoms with Gasteiger partial charge in [0.25, 0.3) is 0 Å². The smallest absolute Gasteiger partial charge is 0.224 e. The van der Waals surface area contributed by atoms with Crippen LogP contribution in [0.1, 0.15) is 23.4 Å². The molecule has 0 aliphatic rings. The van der Waals surface area contributed by atoms with Crippen molar-refractivity contribution in [3.8, 4) is 0 Å². The van der Waals surface area contributed by atoms with Crippen molar-refractivity contribution in [3.63, 3.8) is 0 Å². The third kappa shape index (κ3) is 2.62. The Hall–Kier alpha value is -2.70. The molecular weight excluding hydrogens is 272 g/mol. The highest BCUT2D eigenvalue weighted by molar-refractivity contribution is 5.98. The maximum Gasteiger partial charge on any atom is 0.224 e. The van der Waals surface area contributed by atoms with Crippen LogP contribution < -0.4 is 5.32 Å². The molecule has 1 aromatic carbocycles. The van der Waals surface area contributed by atoms with Gasteiger partial charge in [0.2, 0.25) is 5.91 Å². The molecule has 3 rings (SSSR count). The summed E-state index contributed by atoms with van der Waals surface area (Å²) < 4.78 is 9.75. The maximum absolute atomic E-state index is 12.1. The first-order valence-electron chi connectivity index (χ1n) is 6.58. The fourth-order valence-electron chi connectivity index (χ4n) is 2.22. The molecule has 0 saturated carbocycles. The summed E-state index contributed by atoms with van der Waals surface area (Å²) in [6.07, 6.45) is 0.921. The van der Waals surface area contributed by atoms with Gasteiger partial charge in [0, 0.05) is 12.0 Å². The molecule has 0 saturated heterocycles. The molecule has 0 aliphatic carbocycles. The number of amides is 1. The number of nitrogens with one attached hydrogen (secondary N) is 1. The van der Waals surface area contributed by atoms with Gasteiger partial charge in [0.1, 0.15) is 11.3 Å². The van der Waals surface area contributed by atoms with Crippen LogP contribution in [-0.4, -0.2) is 21.4 Å². The van der Waals surface area contributed by atoms with Crippen LogP contribution >= 0.6 is 0 Å². The first-order chi connectivity index (χ1) is 10.1. The SMILES string of the molecule is Cc1noc(C)c1CCC(=O)Nc1cccc2nonc12. The summed E-state index contributed by atoms with van der Waals surface area (Å²) in [7, 11) is 0. The summed E-state index contributed by atoms with van der Waals surface area (Å²) in [6, 6.07) is 5.32. The summed E-state index contributed by atoms with van der Waals surface area (Å²) in [5, 5.41) is 14.2. The fraction of sp³-hybridized carbons (Fsp3) is 0.286. The lowest BCUT2D eigenvalue weighted by Gasteiger charge is -2.05. The summed E-state index contributed by atoms with van der Waals surface area (Å²) in [4.78, 5) is 12.1. The number of carbonyl (C=O) groups is 1. The predicted octanol–water partition coefficient (Wildman–Crippen LogP) is 2.40. The molecule has 0 atom stereocenters. The van der Waals surface area contributed by atoms with E-state index < -0.39 is 0 Å². The largest absolute Gasteiger partial charge is 0.361 e. The van der Waals surface area contributed by atoms with E-state index in [1.54, 1.807) is 18.2 Å². The zero-order valence-corrected chi connectivity index (χ0v) is 11.7. The Morgan fingerprint density at radius 1 is 1.24 bits per heavy atom. The standard InChI is InChI=1S/C14H14N4O3/c1-8-10(9(2)20-16-8)6-7-13(19)15-11-4-3-5-12-14(11)18-21-17-12/h3-5H,6-7H2,1-2H3,(H,15,19). The minimum atomic E-state index is -0.106. The molecule has 108 valence electrons. The van der Waals surface area contributed by atoms with E-state index in [0.29, 0.717) is 29.6 Å². The van der Waals surface area contributed by atoms with Gasteiger partial charge in [0.05, 0.1) is 11.4 Å². The van der Waals surface area contributed by atoms with Crippen molar-refractivity contribution < 1.29 is 13.9 Å². The average Bonchev–Trinajstić information content (AvgIpc) is 3.05. The van der Waals surface area contributed by atoms with E-state index in [0.717, 1.165) is 17.0 Å². The van der Waals surface area contributed by atoms with Crippen molar-refractivity contribution in [2.45, 2.75) is 26.7 Å². The van der Waals surface area contributed by atoms with Crippen molar-refractivity contribution in [1.82, 2.24) is 15.5 Å². The molecule has 0 aliphatic heterocycles. The van der Waals surface area contributed by atoms with Crippen LogP contribution in [0, 0.1) is 13.8 Å². The first kappa shape index (κ1) is 13.3. The van der Waals surface area contributed by atoms with Crippen LogP contribution in [-0.2, 0) is 11.2 Å². The number of fused-ring (bicyclic) bond motifs is 1. The van der Waals surface area contributed by atoms with Gasteiger partial charge in [-0.05, 0) is 42.7 Å². The van der Waals surface area contributed by atoms with Gasteiger partial charge in [-0.15, -0.1) is 0 Å². The highest BCUT2D eigenvalue weighted by Crippen LogP contribution is 2.20. The maximum atomic E-state index is 12.1. The van der Waals surface area contributed by atoms with Crippen molar-refractivity contribution in [3.05, 3.63) is 35.2 Å². The molecule has 1 amide bonds. The highest BCUT2D eigenvalue weighted by Gasteiger charge is 2.13.